The number of ether oxygens (including phenoxy) is 2. The van der Waals surface area contributed by atoms with Crippen LogP contribution in [0.15, 0.2) is 125 Å². The van der Waals surface area contributed by atoms with Gasteiger partial charge in [0.2, 0.25) is 0 Å². The summed E-state index contributed by atoms with van der Waals surface area (Å²) in [5.41, 5.74) is 14.1. The van der Waals surface area contributed by atoms with Crippen LogP contribution in [0, 0.1) is 20.8 Å². The monoisotopic (exact) mass is 599 g/mol. The summed E-state index contributed by atoms with van der Waals surface area (Å²) in [6.45, 7) is 6.64. The van der Waals surface area contributed by atoms with Gasteiger partial charge >= 0.3 is 6.85 Å². The highest BCUT2D eigenvalue weighted by atomic mass is 32.2. The molecular weight excluding hydrogens is 569 g/mol. The molecular formula is C40H30BNO2S. The van der Waals surface area contributed by atoms with E-state index in [0.717, 1.165) is 35.1 Å². The Bertz CT molecular complexity index is 2190. The zero-order chi connectivity index (χ0) is 30.2. The Morgan fingerprint density at radius 3 is 2.07 bits per heavy atom. The quantitative estimate of drug-likeness (QED) is 0.189. The van der Waals surface area contributed by atoms with Crippen LogP contribution in [0.25, 0.3) is 11.1 Å². The van der Waals surface area contributed by atoms with Crippen molar-refractivity contribution in [2.75, 3.05) is 4.81 Å². The first-order chi connectivity index (χ1) is 22.0. The van der Waals surface area contributed by atoms with Crippen molar-refractivity contribution in [1.29, 1.82) is 0 Å². The molecule has 3 aliphatic heterocycles. The minimum absolute atomic E-state index is 0.0141. The maximum Gasteiger partial charge on any atom is 0.329 e. The third-order valence-corrected chi connectivity index (χ3v) is 10.6. The molecule has 0 N–H and O–H groups in total. The molecule has 5 heteroatoms. The van der Waals surface area contributed by atoms with Crippen LogP contribution in [0.4, 0.5) is 11.4 Å². The van der Waals surface area contributed by atoms with Gasteiger partial charge in [-0.15, -0.1) is 0 Å². The van der Waals surface area contributed by atoms with Gasteiger partial charge in [0.05, 0.1) is 0 Å². The van der Waals surface area contributed by atoms with Crippen molar-refractivity contribution >= 4 is 40.9 Å². The van der Waals surface area contributed by atoms with Crippen LogP contribution in [-0.2, 0) is 6.42 Å². The van der Waals surface area contributed by atoms with Crippen LogP contribution in [-0.4, -0.2) is 6.85 Å². The summed E-state index contributed by atoms with van der Waals surface area (Å²) in [4.78, 5) is 5.18. The molecule has 3 heterocycles. The van der Waals surface area contributed by atoms with E-state index in [4.69, 9.17) is 9.47 Å². The summed E-state index contributed by atoms with van der Waals surface area (Å²) < 4.78 is 12.9. The fraction of sp³-hybridized carbons (Fsp3) is 0.100. The minimum atomic E-state index is 0.0141. The first-order valence-electron chi connectivity index (χ1n) is 15.5. The first-order valence-corrected chi connectivity index (χ1v) is 16.3. The smallest absolute Gasteiger partial charge is 0.329 e. The molecule has 0 amide bonds. The fourth-order valence-corrected chi connectivity index (χ4v) is 8.39. The maximum absolute atomic E-state index is 6.49. The Morgan fingerprint density at radius 1 is 0.600 bits per heavy atom. The van der Waals surface area contributed by atoms with Gasteiger partial charge in [-0.3, -0.25) is 0 Å². The topological polar surface area (TPSA) is 21.7 Å². The van der Waals surface area contributed by atoms with E-state index in [-0.39, 0.29) is 6.85 Å². The average molecular weight is 600 g/mol. The van der Waals surface area contributed by atoms with Gasteiger partial charge in [0.25, 0.3) is 0 Å². The van der Waals surface area contributed by atoms with Crippen molar-refractivity contribution in [1.82, 2.24) is 0 Å². The van der Waals surface area contributed by atoms with Crippen molar-refractivity contribution in [3.63, 3.8) is 0 Å². The Morgan fingerprint density at radius 2 is 1.29 bits per heavy atom. The molecule has 9 rings (SSSR count). The van der Waals surface area contributed by atoms with Crippen LogP contribution in [0.5, 0.6) is 23.0 Å². The molecule has 0 saturated carbocycles. The molecule has 0 unspecified atom stereocenters. The lowest BCUT2D eigenvalue weighted by Crippen LogP contribution is -2.61. The van der Waals surface area contributed by atoms with Crippen LogP contribution in [0.2, 0.25) is 0 Å². The van der Waals surface area contributed by atoms with Crippen LogP contribution in [0.3, 0.4) is 0 Å². The summed E-state index contributed by atoms with van der Waals surface area (Å²) in [6.07, 6.45) is 0.903. The Balaban J connectivity index is 1.30. The molecule has 3 nitrogen and oxygen atoms in total. The van der Waals surface area contributed by atoms with E-state index in [1.54, 1.807) is 0 Å². The normalized spacial score (nSPS) is 13.5. The molecule has 0 fully saturated rings. The van der Waals surface area contributed by atoms with Crippen LogP contribution in [0.1, 0.15) is 27.8 Å². The Hall–Kier alpha value is -4.87. The average Bonchev–Trinajstić information content (AvgIpc) is 3.05. The number of benzene rings is 6. The first kappa shape index (κ1) is 26.5. The van der Waals surface area contributed by atoms with E-state index < -0.39 is 0 Å². The van der Waals surface area contributed by atoms with Gasteiger partial charge in [0.15, 0.2) is 23.0 Å². The van der Waals surface area contributed by atoms with E-state index in [1.165, 1.54) is 65.3 Å². The molecule has 0 radical (unpaired) electrons. The molecule has 0 bridgehead atoms. The standard InChI is InChI=1S/C40H30BNO2S/c1-24-19-27-21-30-31(13-10-18-39(30)45-38-17-9-5-12-26(38)3)41-40(27)29(20-24)28-22-36-37(44-35-16-8-7-15-34(35)43-36)23-33(28)42(41)32-14-6-4-11-25(32)2/h4-20,22-23H,21H2,1-3H3. The molecule has 6 aromatic carbocycles. The molecule has 0 saturated heterocycles. The lowest BCUT2D eigenvalue weighted by atomic mass is 9.41. The van der Waals surface area contributed by atoms with Gasteiger partial charge < -0.3 is 14.3 Å². The second-order valence-electron chi connectivity index (χ2n) is 12.3. The van der Waals surface area contributed by atoms with Crippen molar-refractivity contribution < 1.29 is 9.47 Å². The number of rotatable bonds is 3. The Labute approximate surface area is 268 Å². The lowest BCUT2D eigenvalue weighted by Gasteiger charge is -2.44. The third-order valence-electron chi connectivity index (χ3n) is 9.36. The predicted octanol–water partition coefficient (Wildman–Crippen LogP) is 9.49. The van der Waals surface area contributed by atoms with Crippen molar-refractivity contribution in [3.8, 4) is 34.1 Å². The zero-order valence-electron chi connectivity index (χ0n) is 25.4. The van der Waals surface area contributed by atoms with Gasteiger partial charge in [-0.2, -0.15) is 0 Å². The second kappa shape index (κ2) is 10.1. The number of anilines is 2. The SMILES string of the molecule is Cc1cc2c3c(c1)-c1cc4c(cc1N(c1ccccc1C)B3c1cccc(Sc3ccccc3C)c1C2)Oc1ccccc1O4. The Kier molecular flexibility index (Phi) is 5.94. The summed E-state index contributed by atoms with van der Waals surface area (Å²) >= 11 is 1.89. The second-order valence-corrected chi connectivity index (χ2v) is 13.4. The van der Waals surface area contributed by atoms with Crippen LogP contribution < -0.4 is 25.2 Å². The van der Waals surface area contributed by atoms with Gasteiger partial charge in [-0.1, -0.05) is 90.1 Å². The molecule has 45 heavy (non-hydrogen) atoms. The summed E-state index contributed by atoms with van der Waals surface area (Å²) in [6, 6.07) is 41.4. The summed E-state index contributed by atoms with van der Waals surface area (Å²) in [5, 5.41) is 0. The number of para-hydroxylation sites is 3. The van der Waals surface area contributed by atoms with Crippen molar-refractivity contribution in [2.24, 2.45) is 0 Å². The molecule has 6 aromatic rings. The molecule has 0 atom stereocenters. The fourth-order valence-electron chi connectivity index (χ4n) is 7.31. The molecule has 0 aliphatic carbocycles. The molecule has 3 aliphatic rings. The van der Waals surface area contributed by atoms with Gasteiger partial charge in [-0.05, 0) is 102 Å². The number of hydrogen-bond acceptors (Lipinski definition) is 4. The number of hydrogen-bond donors (Lipinski definition) is 0. The largest absolute Gasteiger partial charge is 0.449 e. The minimum Gasteiger partial charge on any atom is -0.449 e. The predicted molar refractivity (Wildman–Crippen MR) is 186 cm³/mol. The van der Waals surface area contributed by atoms with E-state index in [0.29, 0.717) is 0 Å². The molecule has 0 spiro atoms. The zero-order valence-corrected chi connectivity index (χ0v) is 26.2. The van der Waals surface area contributed by atoms with Gasteiger partial charge in [-0.25, -0.2) is 0 Å². The van der Waals surface area contributed by atoms with E-state index in [2.05, 4.69) is 117 Å². The van der Waals surface area contributed by atoms with E-state index in [1.807, 2.05) is 36.0 Å². The molecule has 216 valence electrons. The summed E-state index contributed by atoms with van der Waals surface area (Å²) in [5.74, 6) is 2.97. The maximum atomic E-state index is 6.49. The van der Waals surface area contributed by atoms with Crippen molar-refractivity contribution in [3.05, 3.63) is 143 Å². The highest BCUT2D eigenvalue weighted by Gasteiger charge is 2.44. The number of fused-ring (bicyclic) bond motifs is 6. The van der Waals surface area contributed by atoms with Gasteiger partial charge in [0, 0.05) is 32.8 Å². The van der Waals surface area contributed by atoms with Crippen LogP contribution >= 0.6 is 11.8 Å². The lowest BCUT2D eigenvalue weighted by molar-refractivity contribution is 0.360. The van der Waals surface area contributed by atoms with E-state index >= 15 is 0 Å². The third kappa shape index (κ3) is 4.14. The van der Waals surface area contributed by atoms with Crippen molar-refractivity contribution in [2.45, 2.75) is 37.0 Å². The highest BCUT2D eigenvalue weighted by Crippen LogP contribution is 2.52. The molecule has 0 aromatic heterocycles. The number of nitrogens with zero attached hydrogens (tertiary/aromatic N) is 1. The van der Waals surface area contributed by atoms with Gasteiger partial charge in [0.1, 0.15) is 0 Å². The highest BCUT2D eigenvalue weighted by molar-refractivity contribution is 7.99. The summed E-state index contributed by atoms with van der Waals surface area (Å²) in [7, 11) is 0. The number of aryl methyl sites for hydroxylation is 3. The van der Waals surface area contributed by atoms with E-state index in [9.17, 15) is 0 Å².